The summed E-state index contributed by atoms with van der Waals surface area (Å²) in [6.45, 7) is 1.12. The molecule has 1 atom stereocenters. The van der Waals surface area contributed by atoms with Gasteiger partial charge >= 0.3 is 0 Å². The molecule has 4 nitrogen and oxygen atoms in total. The van der Waals surface area contributed by atoms with Crippen LogP contribution in [0.5, 0.6) is 0 Å². The minimum absolute atomic E-state index is 0.0599. The zero-order valence-corrected chi connectivity index (χ0v) is 8.50. The van der Waals surface area contributed by atoms with Gasteiger partial charge < -0.3 is 21.3 Å². The molecule has 0 heterocycles. The normalized spacial score (nSPS) is 14.7. The van der Waals surface area contributed by atoms with E-state index in [2.05, 4.69) is 5.32 Å². The van der Waals surface area contributed by atoms with Gasteiger partial charge in [-0.05, 0) is 25.1 Å². The maximum Gasteiger partial charge on any atom is 0.148 e. The summed E-state index contributed by atoms with van der Waals surface area (Å²) in [5, 5.41) is 20.9. The Morgan fingerprint density at radius 3 is 2.73 bits per heavy atom. The van der Waals surface area contributed by atoms with Gasteiger partial charge in [0.25, 0.3) is 0 Å². The molecule has 1 aromatic rings. The molecule has 5 heteroatoms. The number of benzene rings is 1. The third-order valence-corrected chi connectivity index (χ3v) is 1.99. The summed E-state index contributed by atoms with van der Waals surface area (Å²) < 4.78 is 13.2. The molecule has 1 aromatic carbocycles. The minimum atomic E-state index is -1.27. The second-order valence-corrected chi connectivity index (χ2v) is 3.75. The number of hydrogen-bond acceptors (Lipinski definition) is 4. The highest BCUT2D eigenvalue weighted by Gasteiger charge is 2.18. The monoisotopic (exact) mass is 214 g/mol. The van der Waals surface area contributed by atoms with Crippen molar-refractivity contribution in [2.24, 2.45) is 0 Å². The highest BCUT2D eigenvalue weighted by molar-refractivity contribution is 5.52. The maximum atomic E-state index is 13.2. The summed E-state index contributed by atoms with van der Waals surface area (Å²) in [5.41, 5.74) is 4.70. The minimum Gasteiger partial charge on any atom is -0.399 e. The number of nitrogen functional groups attached to an aromatic ring is 1. The van der Waals surface area contributed by atoms with Gasteiger partial charge in [-0.3, -0.25) is 0 Å². The zero-order valence-electron chi connectivity index (χ0n) is 8.50. The van der Waals surface area contributed by atoms with Gasteiger partial charge in [0.1, 0.15) is 11.4 Å². The first-order chi connectivity index (χ1) is 6.94. The van der Waals surface area contributed by atoms with Crippen LogP contribution in [0.4, 0.5) is 15.8 Å². The van der Waals surface area contributed by atoms with Crippen molar-refractivity contribution in [3.63, 3.8) is 0 Å². The Hall–Kier alpha value is -1.33. The molecule has 0 radical (unpaired) electrons. The van der Waals surface area contributed by atoms with E-state index in [4.69, 9.17) is 10.8 Å². The second kappa shape index (κ2) is 4.46. The summed E-state index contributed by atoms with van der Waals surface area (Å²) in [5.74, 6) is -0.483. The molecule has 1 unspecified atom stereocenters. The summed E-state index contributed by atoms with van der Waals surface area (Å²) >= 11 is 0. The van der Waals surface area contributed by atoms with Crippen LogP contribution in [0.3, 0.4) is 0 Å². The number of nitrogens with two attached hydrogens (primary N) is 1. The summed E-state index contributed by atoms with van der Waals surface area (Å²) in [4.78, 5) is 0. The molecule has 0 amide bonds. The average molecular weight is 214 g/mol. The van der Waals surface area contributed by atoms with Gasteiger partial charge in [-0.1, -0.05) is 0 Å². The number of nitrogens with one attached hydrogen (secondary N) is 1. The van der Waals surface area contributed by atoms with Gasteiger partial charge in [0.15, 0.2) is 0 Å². The predicted molar refractivity (Wildman–Crippen MR) is 57.0 cm³/mol. The number of rotatable bonds is 4. The van der Waals surface area contributed by atoms with Crippen molar-refractivity contribution in [3.8, 4) is 0 Å². The Balaban J connectivity index is 2.66. The lowest BCUT2D eigenvalue weighted by molar-refractivity contribution is 0.0132. The molecule has 15 heavy (non-hydrogen) atoms. The lowest BCUT2D eigenvalue weighted by Gasteiger charge is -2.21. The van der Waals surface area contributed by atoms with Crippen LogP contribution >= 0.6 is 0 Å². The van der Waals surface area contributed by atoms with Crippen LogP contribution in [0.2, 0.25) is 0 Å². The number of aliphatic hydroxyl groups excluding tert-OH is 1. The van der Waals surface area contributed by atoms with E-state index in [0.29, 0.717) is 5.69 Å². The molecular weight excluding hydrogens is 199 g/mol. The summed E-state index contributed by atoms with van der Waals surface area (Å²) in [6, 6.07) is 4.23. The highest BCUT2D eigenvalue weighted by atomic mass is 19.1. The van der Waals surface area contributed by atoms with E-state index >= 15 is 0 Å². The first kappa shape index (κ1) is 11.7. The van der Waals surface area contributed by atoms with Crippen molar-refractivity contribution < 1.29 is 14.6 Å². The number of hydrogen-bond donors (Lipinski definition) is 4. The Kier molecular flexibility index (Phi) is 3.49. The molecule has 0 saturated carbocycles. The number of halogens is 1. The molecule has 0 bridgehead atoms. The molecule has 84 valence electrons. The molecule has 0 spiro atoms. The van der Waals surface area contributed by atoms with E-state index in [9.17, 15) is 9.50 Å². The van der Waals surface area contributed by atoms with Gasteiger partial charge in [0.05, 0.1) is 12.3 Å². The van der Waals surface area contributed by atoms with Crippen LogP contribution in [0.15, 0.2) is 18.2 Å². The summed E-state index contributed by atoms with van der Waals surface area (Å²) in [6.07, 6.45) is 0. The molecular formula is C10H15FN2O2. The number of anilines is 2. The van der Waals surface area contributed by atoms with E-state index in [1.807, 2.05) is 0 Å². The quantitative estimate of drug-likeness (QED) is 0.552. The molecule has 0 fully saturated rings. The van der Waals surface area contributed by atoms with Crippen molar-refractivity contribution in [2.75, 3.05) is 24.2 Å². The average Bonchev–Trinajstić information content (AvgIpc) is 2.16. The molecule has 0 aliphatic heterocycles. The SMILES string of the molecule is CC(O)(CO)CNc1ccc(N)cc1F. The molecule has 0 aliphatic rings. The van der Waals surface area contributed by atoms with E-state index in [0.717, 1.165) is 0 Å². The van der Waals surface area contributed by atoms with Gasteiger partial charge in [0, 0.05) is 12.2 Å². The van der Waals surface area contributed by atoms with Crippen molar-refractivity contribution >= 4 is 11.4 Å². The van der Waals surface area contributed by atoms with E-state index in [-0.39, 0.29) is 12.2 Å². The largest absolute Gasteiger partial charge is 0.399 e. The van der Waals surface area contributed by atoms with Gasteiger partial charge in [-0.15, -0.1) is 0 Å². The fourth-order valence-corrected chi connectivity index (χ4v) is 1.02. The molecule has 0 aromatic heterocycles. The summed E-state index contributed by atoms with van der Waals surface area (Å²) in [7, 11) is 0. The Morgan fingerprint density at radius 2 is 2.20 bits per heavy atom. The molecule has 0 aliphatic carbocycles. The van der Waals surface area contributed by atoms with Gasteiger partial charge in [0.2, 0.25) is 0 Å². The predicted octanol–water partition coefficient (Wildman–Crippen LogP) is 0.563. The van der Waals surface area contributed by atoms with Crippen molar-refractivity contribution in [1.82, 2.24) is 0 Å². The third kappa shape index (κ3) is 3.38. The van der Waals surface area contributed by atoms with Crippen molar-refractivity contribution in [1.29, 1.82) is 0 Å². The number of aliphatic hydroxyl groups is 2. The topological polar surface area (TPSA) is 78.5 Å². The van der Waals surface area contributed by atoms with Crippen LogP contribution in [0.25, 0.3) is 0 Å². The van der Waals surface area contributed by atoms with Crippen LogP contribution in [-0.4, -0.2) is 29.0 Å². The molecule has 0 saturated heterocycles. The third-order valence-electron chi connectivity index (χ3n) is 1.99. The van der Waals surface area contributed by atoms with Crippen molar-refractivity contribution in [3.05, 3.63) is 24.0 Å². The standard InChI is InChI=1S/C10H15FN2O2/c1-10(15,6-14)5-13-9-3-2-7(12)4-8(9)11/h2-4,13-15H,5-6,12H2,1H3. The van der Waals surface area contributed by atoms with Crippen LogP contribution in [0, 0.1) is 5.82 Å². The first-order valence-corrected chi connectivity index (χ1v) is 4.57. The highest BCUT2D eigenvalue weighted by Crippen LogP contribution is 2.17. The van der Waals surface area contributed by atoms with E-state index in [1.54, 1.807) is 6.07 Å². The molecule has 1 rings (SSSR count). The van der Waals surface area contributed by atoms with Crippen LogP contribution < -0.4 is 11.1 Å². The van der Waals surface area contributed by atoms with Crippen LogP contribution in [0.1, 0.15) is 6.92 Å². The van der Waals surface area contributed by atoms with Crippen LogP contribution in [-0.2, 0) is 0 Å². The lowest BCUT2D eigenvalue weighted by atomic mass is 10.1. The zero-order chi connectivity index (χ0) is 11.5. The van der Waals surface area contributed by atoms with Gasteiger partial charge in [-0.25, -0.2) is 4.39 Å². The second-order valence-electron chi connectivity index (χ2n) is 3.75. The smallest absolute Gasteiger partial charge is 0.148 e. The Bertz CT molecular complexity index is 342. The maximum absolute atomic E-state index is 13.2. The fourth-order valence-electron chi connectivity index (χ4n) is 1.02. The van der Waals surface area contributed by atoms with Crippen molar-refractivity contribution in [2.45, 2.75) is 12.5 Å². The Labute approximate surface area is 87.5 Å². The fraction of sp³-hybridized carbons (Fsp3) is 0.400. The molecule has 5 N–H and O–H groups in total. The van der Waals surface area contributed by atoms with E-state index < -0.39 is 18.0 Å². The van der Waals surface area contributed by atoms with E-state index in [1.165, 1.54) is 19.1 Å². The Morgan fingerprint density at radius 1 is 1.53 bits per heavy atom. The first-order valence-electron chi connectivity index (χ1n) is 4.57. The van der Waals surface area contributed by atoms with Gasteiger partial charge in [-0.2, -0.15) is 0 Å². The lowest BCUT2D eigenvalue weighted by Crippen LogP contribution is -2.37.